The molecular formula is C36H40ClN3O6S. The summed E-state index contributed by atoms with van der Waals surface area (Å²) in [6.07, 6.45) is 0.883. The SMILES string of the molecule is CCC(C)NC(=O)C(Cc1ccccc1)N(Cc1cccc(Cl)c1)C(=O)CN(c1cc(OC)ccc1OC)S(=O)(=O)c1ccccc1. The van der Waals surface area contributed by atoms with Gasteiger partial charge < -0.3 is 19.7 Å². The molecule has 4 aromatic carbocycles. The number of amides is 2. The van der Waals surface area contributed by atoms with Crippen LogP contribution >= 0.6 is 11.6 Å². The van der Waals surface area contributed by atoms with E-state index in [1.54, 1.807) is 48.5 Å². The van der Waals surface area contributed by atoms with E-state index in [4.69, 9.17) is 21.1 Å². The largest absolute Gasteiger partial charge is 0.497 e. The summed E-state index contributed by atoms with van der Waals surface area (Å²) in [7, 11) is -1.44. The van der Waals surface area contributed by atoms with Crippen LogP contribution in [0.2, 0.25) is 5.02 Å². The average molecular weight is 678 g/mol. The summed E-state index contributed by atoms with van der Waals surface area (Å²) in [6.45, 7) is 3.21. The lowest BCUT2D eigenvalue weighted by molar-refractivity contribution is -0.140. The van der Waals surface area contributed by atoms with Crippen LogP contribution in [-0.2, 0) is 32.6 Å². The van der Waals surface area contributed by atoms with E-state index < -0.39 is 28.5 Å². The van der Waals surface area contributed by atoms with Crippen LogP contribution in [0.25, 0.3) is 0 Å². The van der Waals surface area contributed by atoms with Gasteiger partial charge in [-0.05, 0) is 60.9 Å². The molecule has 9 nitrogen and oxygen atoms in total. The number of hydrogen-bond donors (Lipinski definition) is 1. The topological polar surface area (TPSA) is 105 Å². The molecule has 0 saturated carbocycles. The molecule has 47 heavy (non-hydrogen) atoms. The number of ether oxygens (including phenoxy) is 2. The molecule has 0 radical (unpaired) electrons. The van der Waals surface area contributed by atoms with Gasteiger partial charge in [0.2, 0.25) is 11.8 Å². The van der Waals surface area contributed by atoms with Gasteiger partial charge in [0.05, 0.1) is 24.8 Å². The molecule has 4 aromatic rings. The number of halogens is 1. The fraction of sp³-hybridized carbons (Fsp3) is 0.278. The lowest BCUT2D eigenvalue weighted by Crippen LogP contribution is -2.54. The second-order valence-corrected chi connectivity index (χ2v) is 13.3. The number of rotatable bonds is 15. The van der Waals surface area contributed by atoms with Crippen LogP contribution in [0.4, 0.5) is 5.69 Å². The molecule has 1 N–H and O–H groups in total. The quantitative estimate of drug-likeness (QED) is 0.163. The second-order valence-electron chi connectivity index (χ2n) is 11.0. The Hall–Kier alpha value is -4.54. The Morgan fingerprint density at radius 2 is 1.51 bits per heavy atom. The van der Waals surface area contributed by atoms with Crippen LogP contribution in [-0.4, -0.2) is 58.0 Å². The number of benzene rings is 4. The van der Waals surface area contributed by atoms with E-state index in [2.05, 4.69) is 5.32 Å². The predicted octanol–water partition coefficient (Wildman–Crippen LogP) is 6.11. The van der Waals surface area contributed by atoms with Crippen LogP contribution in [0, 0.1) is 0 Å². The first-order valence-corrected chi connectivity index (χ1v) is 17.1. The Labute approximate surface area is 282 Å². The zero-order chi connectivity index (χ0) is 34.0. The molecule has 0 bridgehead atoms. The fourth-order valence-corrected chi connectivity index (χ4v) is 6.70. The lowest BCUT2D eigenvalue weighted by atomic mass is 10.0. The molecule has 11 heteroatoms. The highest BCUT2D eigenvalue weighted by Gasteiger charge is 2.36. The van der Waals surface area contributed by atoms with E-state index in [0.717, 1.165) is 9.87 Å². The number of hydrogen-bond acceptors (Lipinski definition) is 6. The van der Waals surface area contributed by atoms with Gasteiger partial charge in [-0.2, -0.15) is 0 Å². The minimum atomic E-state index is -4.32. The Morgan fingerprint density at radius 1 is 0.851 bits per heavy atom. The average Bonchev–Trinajstić information content (AvgIpc) is 3.09. The highest BCUT2D eigenvalue weighted by molar-refractivity contribution is 7.92. The normalized spacial score (nSPS) is 12.4. The van der Waals surface area contributed by atoms with Gasteiger partial charge in [0, 0.05) is 30.1 Å². The first kappa shape index (κ1) is 35.3. The number of methoxy groups -OCH3 is 2. The molecule has 2 amide bonds. The van der Waals surface area contributed by atoms with Crippen molar-refractivity contribution in [2.45, 2.75) is 50.2 Å². The standard InChI is InChI=1S/C36H40ClN3O6S/c1-5-26(2)38-36(42)33(22-27-13-8-6-9-14-27)39(24-28-15-12-16-29(37)21-28)35(41)25-40(47(43,44)31-17-10-7-11-18-31)32-23-30(45-3)19-20-34(32)46-4/h6-21,23,26,33H,5,22,24-25H2,1-4H3,(H,38,42). The van der Waals surface area contributed by atoms with Crippen LogP contribution < -0.4 is 19.1 Å². The molecule has 0 aliphatic carbocycles. The maximum atomic E-state index is 14.7. The molecule has 4 rings (SSSR count). The molecule has 0 aromatic heterocycles. The highest BCUT2D eigenvalue weighted by Crippen LogP contribution is 2.36. The summed E-state index contributed by atoms with van der Waals surface area (Å²) in [5.74, 6) is -0.369. The zero-order valence-corrected chi connectivity index (χ0v) is 28.5. The van der Waals surface area contributed by atoms with Gasteiger partial charge in [-0.15, -0.1) is 0 Å². The summed E-state index contributed by atoms with van der Waals surface area (Å²) < 4.78 is 40.6. The molecule has 0 aliphatic rings. The van der Waals surface area contributed by atoms with Crippen molar-refractivity contribution in [3.63, 3.8) is 0 Å². The number of sulfonamides is 1. The van der Waals surface area contributed by atoms with Crippen LogP contribution in [0.5, 0.6) is 11.5 Å². The van der Waals surface area contributed by atoms with Crippen molar-refractivity contribution in [1.29, 1.82) is 0 Å². The first-order valence-electron chi connectivity index (χ1n) is 15.2. The molecule has 0 aliphatic heterocycles. The molecule has 248 valence electrons. The van der Waals surface area contributed by atoms with Crippen molar-refractivity contribution in [2.24, 2.45) is 0 Å². The maximum Gasteiger partial charge on any atom is 0.264 e. The van der Waals surface area contributed by atoms with E-state index in [-0.39, 0.29) is 41.2 Å². The molecule has 0 heterocycles. The molecule has 0 fully saturated rings. The van der Waals surface area contributed by atoms with Crippen LogP contribution in [0.3, 0.4) is 0 Å². The molecular weight excluding hydrogens is 638 g/mol. The third-order valence-electron chi connectivity index (χ3n) is 7.78. The number of anilines is 1. The van der Waals surface area contributed by atoms with Crippen molar-refractivity contribution < 1.29 is 27.5 Å². The summed E-state index contributed by atoms with van der Waals surface area (Å²) in [5, 5.41) is 3.50. The van der Waals surface area contributed by atoms with E-state index >= 15 is 0 Å². The van der Waals surface area contributed by atoms with Gasteiger partial charge in [-0.1, -0.05) is 79.2 Å². The number of carbonyl (C=O) groups excluding carboxylic acids is 2. The Bertz CT molecular complexity index is 1760. The summed E-state index contributed by atoms with van der Waals surface area (Å²) in [4.78, 5) is 30.1. The maximum absolute atomic E-state index is 14.7. The number of nitrogens with zero attached hydrogens (tertiary/aromatic N) is 2. The molecule has 2 unspecified atom stereocenters. The van der Waals surface area contributed by atoms with E-state index in [1.165, 1.54) is 37.3 Å². The minimum absolute atomic E-state index is 0.000705. The monoisotopic (exact) mass is 677 g/mol. The van der Waals surface area contributed by atoms with Gasteiger partial charge >= 0.3 is 0 Å². The highest BCUT2D eigenvalue weighted by atomic mass is 35.5. The predicted molar refractivity (Wildman–Crippen MR) is 184 cm³/mol. The summed E-state index contributed by atoms with van der Waals surface area (Å²) >= 11 is 6.33. The molecule has 2 atom stereocenters. The smallest absolute Gasteiger partial charge is 0.264 e. The van der Waals surface area contributed by atoms with Gasteiger partial charge in [-0.3, -0.25) is 13.9 Å². The zero-order valence-electron chi connectivity index (χ0n) is 26.9. The Balaban J connectivity index is 1.86. The lowest BCUT2D eigenvalue weighted by Gasteiger charge is -2.34. The van der Waals surface area contributed by atoms with Gasteiger partial charge in [0.15, 0.2) is 0 Å². The Kier molecular flexibility index (Phi) is 12.3. The third-order valence-corrected chi connectivity index (χ3v) is 9.79. The van der Waals surface area contributed by atoms with Crippen LogP contribution in [0.15, 0.2) is 108 Å². The number of nitrogens with one attached hydrogen (secondary N) is 1. The first-order chi connectivity index (χ1) is 22.6. The van der Waals surface area contributed by atoms with Crippen molar-refractivity contribution >= 4 is 39.1 Å². The van der Waals surface area contributed by atoms with Crippen molar-refractivity contribution in [2.75, 3.05) is 25.1 Å². The van der Waals surface area contributed by atoms with Crippen molar-refractivity contribution in [1.82, 2.24) is 10.2 Å². The summed E-state index contributed by atoms with van der Waals surface area (Å²) in [5.41, 5.74) is 1.62. The van der Waals surface area contributed by atoms with Gasteiger partial charge in [-0.25, -0.2) is 8.42 Å². The Morgan fingerprint density at radius 3 is 2.13 bits per heavy atom. The van der Waals surface area contributed by atoms with Crippen molar-refractivity contribution in [3.05, 3.63) is 119 Å². The summed E-state index contributed by atoms with van der Waals surface area (Å²) in [6, 6.07) is 27.8. The molecule has 0 saturated heterocycles. The van der Waals surface area contributed by atoms with E-state index in [9.17, 15) is 18.0 Å². The second kappa shape index (κ2) is 16.3. The molecule has 0 spiro atoms. The van der Waals surface area contributed by atoms with E-state index in [1.807, 2.05) is 50.2 Å². The van der Waals surface area contributed by atoms with E-state index in [0.29, 0.717) is 22.8 Å². The van der Waals surface area contributed by atoms with Gasteiger partial charge in [0.25, 0.3) is 10.0 Å². The third kappa shape index (κ3) is 9.05. The number of carbonyl (C=O) groups is 2. The fourth-order valence-electron chi connectivity index (χ4n) is 5.05. The van der Waals surface area contributed by atoms with Crippen molar-refractivity contribution in [3.8, 4) is 11.5 Å². The minimum Gasteiger partial charge on any atom is -0.497 e. The van der Waals surface area contributed by atoms with Crippen LogP contribution in [0.1, 0.15) is 31.4 Å². The van der Waals surface area contributed by atoms with Gasteiger partial charge in [0.1, 0.15) is 24.1 Å².